The fourth-order valence-corrected chi connectivity index (χ4v) is 2.17. The molecule has 1 heterocycles. The van der Waals surface area contributed by atoms with Gasteiger partial charge in [0.25, 0.3) is 0 Å². The highest BCUT2D eigenvalue weighted by Gasteiger charge is 2.03. The summed E-state index contributed by atoms with van der Waals surface area (Å²) in [6.07, 6.45) is 0. The lowest BCUT2D eigenvalue weighted by Crippen LogP contribution is -2.00. The van der Waals surface area contributed by atoms with E-state index < -0.39 is 0 Å². The smallest absolute Gasteiger partial charge is 0.230 e. The van der Waals surface area contributed by atoms with Gasteiger partial charge in [0.1, 0.15) is 10.4 Å². The van der Waals surface area contributed by atoms with Gasteiger partial charge < -0.3 is 11.1 Å². The van der Waals surface area contributed by atoms with Crippen LogP contribution in [0.3, 0.4) is 0 Å². The maximum atomic E-state index is 5.88. The molecule has 4 nitrogen and oxygen atoms in total. The van der Waals surface area contributed by atoms with E-state index in [1.165, 1.54) is 0 Å². The Kier molecular flexibility index (Phi) is 3.71. The van der Waals surface area contributed by atoms with Crippen molar-refractivity contribution in [1.82, 2.24) is 9.97 Å². The second-order valence-corrected chi connectivity index (χ2v) is 4.91. The number of anilines is 3. The van der Waals surface area contributed by atoms with Crippen LogP contribution in [0.25, 0.3) is 0 Å². The van der Waals surface area contributed by atoms with Gasteiger partial charge >= 0.3 is 0 Å². The van der Waals surface area contributed by atoms with Crippen LogP contribution in [-0.2, 0) is 0 Å². The molecule has 0 saturated heterocycles. The van der Waals surface area contributed by atoms with E-state index in [1.807, 2.05) is 0 Å². The van der Waals surface area contributed by atoms with Crippen LogP contribution in [-0.4, -0.2) is 9.97 Å². The lowest BCUT2D eigenvalue weighted by atomic mass is 10.3. The Bertz CT molecular complexity index is 472. The van der Waals surface area contributed by atoms with Crippen molar-refractivity contribution < 1.29 is 0 Å². The molecule has 17 heavy (non-hydrogen) atoms. The largest absolute Gasteiger partial charge is 0.383 e. The van der Waals surface area contributed by atoms with E-state index in [-0.39, 0.29) is 0 Å². The number of nitrogens with two attached hydrogens (primary N) is 1. The highest BCUT2D eigenvalue weighted by Crippen LogP contribution is 2.24. The van der Waals surface area contributed by atoms with Crippen LogP contribution in [0.1, 0.15) is 0 Å². The lowest BCUT2D eigenvalue weighted by molar-refractivity contribution is 1.15. The summed E-state index contributed by atoms with van der Waals surface area (Å²) in [6.45, 7) is 0. The predicted molar refractivity (Wildman–Crippen MR) is 73.9 cm³/mol. The fraction of sp³-hybridized carbons (Fsp3) is 0. The van der Waals surface area contributed by atoms with Crippen LogP contribution in [0.15, 0.2) is 28.9 Å². The summed E-state index contributed by atoms with van der Waals surface area (Å²) in [5.74, 6) is 0.734. The van der Waals surface area contributed by atoms with E-state index in [1.54, 1.807) is 24.3 Å². The third-order valence-corrected chi connectivity index (χ3v) is 2.68. The molecule has 0 unspecified atom stereocenters. The van der Waals surface area contributed by atoms with Gasteiger partial charge in [-0.3, -0.25) is 0 Å². The number of hydrogen-bond donors (Lipinski definition) is 2. The van der Waals surface area contributed by atoms with Crippen LogP contribution in [0, 0.1) is 0 Å². The van der Waals surface area contributed by atoms with E-state index >= 15 is 0 Å². The standard InChI is InChI=1S/C10H7BrCl2N4/c11-8-4-9(14)17-10(16-8)15-7-2-5(12)1-6(13)3-7/h1-4H,(H3,14,15,16,17). The average Bonchev–Trinajstić information content (AvgIpc) is 2.13. The second kappa shape index (κ2) is 5.08. The summed E-state index contributed by atoms with van der Waals surface area (Å²) in [4.78, 5) is 8.14. The summed E-state index contributed by atoms with van der Waals surface area (Å²) in [5, 5.41) is 4.03. The van der Waals surface area contributed by atoms with Gasteiger partial charge in [-0.15, -0.1) is 0 Å². The molecular formula is C10H7BrCl2N4. The number of nitrogens with one attached hydrogen (secondary N) is 1. The van der Waals surface area contributed by atoms with Gasteiger partial charge in [-0.25, -0.2) is 4.98 Å². The zero-order valence-corrected chi connectivity index (χ0v) is 11.5. The molecule has 1 aromatic heterocycles. The highest BCUT2D eigenvalue weighted by molar-refractivity contribution is 9.10. The number of benzene rings is 1. The summed E-state index contributed by atoms with van der Waals surface area (Å²) >= 11 is 15.0. The van der Waals surface area contributed by atoms with Crippen molar-refractivity contribution in [2.75, 3.05) is 11.1 Å². The number of halogens is 3. The molecule has 0 amide bonds. The third kappa shape index (κ3) is 3.46. The van der Waals surface area contributed by atoms with Crippen molar-refractivity contribution >= 4 is 56.6 Å². The molecule has 0 aliphatic rings. The first-order valence-electron chi connectivity index (χ1n) is 4.56. The van der Waals surface area contributed by atoms with E-state index in [0.29, 0.717) is 32.1 Å². The molecule has 0 bridgehead atoms. The minimum absolute atomic E-state index is 0.363. The van der Waals surface area contributed by atoms with Crippen molar-refractivity contribution in [1.29, 1.82) is 0 Å². The van der Waals surface area contributed by atoms with Crippen molar-refractivity contribution in [3.63, 3.8) is 0 Å². The summed E-state index contributed by atoms with van der Waals surface area (Å²) < 4.78 is 0.598. The van der Waals surface area contributed by atoms with Gasteiger partial charge in [-0.05, 0) is 34.1 Å². The fourth-order valence-electron chi connectivity index (χ4n) is 1.25. The minimum Gasteiger partial charge on any atom is -0.383 e. The highest BCUT2D eigenvalue weighted by atomic mass is 79.9. The SMILES string of the molecule is Nc1cc(Br)nc(Nc2cc(Cl)cc(Cl)c2)n1. The minimum atomic E-state index is 0.363. The number of hydrogen-bond acceptors (Lipinski definition) is 4. The molecule has 3 N–H and O–H groups in total. The number of aromatic nitrogens is 2. The normalized spacial score (nSPS) is 10.3. The molecule has 0 atom stereocenters. The molecule has 0 fully saturated rings. The van der Waals surface area contributed by atoms with E-state index in [4.69, 9.17) is 28.9 Å². The first kappa shape index (κ1) is 12.4. The van der Waals surface area contributed by atoms with Crippen molar-refractivity contribution in [2.45, 2.75) is 0 Å². The lowest BCUT2D eigenvalue weighted by Gasteiger charge is -2.06. The Morgan fingerprint density at radius 2 is 1.71 bits per heavy atom. The van der Waals surface area contributed by atoms with Crippen LogP contribution >= 0.6 is 39.1 Å². The van der Waals surface area contributed by atoms with Crippen molar-refractivity contribution in [3.05, 3.63) is 38.9 Å². The van der Waals surface area contributed by atoms with Gasteiger partial charge in [0.15, 0.2) is 0 Å². The van der Waals surface area contributed by atoms with E-state index in [0.717, 1.165) is 0 Å². The topological polar surface area (TPSA) is 63.8 Å². The molecule has 2 rings (SSSR count). The monoisotopic (exact) mass is 332 g/mol. The molecular weight excluding hydrogens is 327 g/mol. The predicted octanol–water partition coefficient (Wildman–Crippen LogP) is 3.87. The Labute approximate surface area is 116 Å². The Balaban J connectivity index is 2.31. The zero-order chi connectivity index (χ0) is 12.4. The third-order valence-electron chi connectivity index (χ3n) is 1.83. The Morgan fingerprint density at radius 3 is 2.29 bits per heavy atom. The average molecular weight is 334 g/mol. The van der Waals surface area contributed by atoms with Gasteiger partial charge in [-0.2, -0.15) is 4.98 Å². The number of nitrogens with zero attached hydrogens (tertiary/aromatic N) is 2. The molecule has 0 spiro atoms. The van der Waals surface area contributed by atoms with Crippen LogP contribution in [0.4, 0.5) is 17.5 Å². The van der Waals surface area contributed by atoms with Gasteiger partial charge in [0.2, 0.25) is 5.95 Å². The van der Waals surface area contributed by atoms with Crippen LogP contribution < -0.4 is 11.1 Å². The molecule has 1 aromatic carbocycles. The molecule has 0 aliphatic heterocycles. The van der Waals surface area contributed by atoms with Crippen LogP contribution in [0.5, 0.6) is 0 Å². The van der Waals surface area contributed by atoms with Gasteiger partial charge in [0.05, 0.1) is 0 Å². The maximum absolute atomic E-state index is 5.88. The van der Waals surface area contributed by atoms with E-state index in [2.05, 4.69) is 31.2 Å². The molecule has 7 heteroatoms. The van der Waals surface area contributed by atoms with Gasteiger partial charge in [-0.1, -0.05) is 23.2 Å². The summed E-state index contributed by atoms with van der Waals surface area (Å²) in [7, 11) is 0. The maximum Gasteiger partial charge on any atom is 0.230 e. The number of rotatable bonds is 2. The van der Waals surface area contributed by atoms with Crippen molar-refractivity contribution in [2.24, 2.45) is 0 Å². The van der Waals surface area contributed by atoms with Crippen LogP contribution in [0.2, 0.25) is 10.0 Å². The Morgan fingerprint density at radius 1 is 1.06 bits per heavy atom. The first-order valence-corrected chi connectivity index (χ1v) is 6.11. The second-order valence-electron chi connectivity index (χ2n) is 3.22. The Hall–Kier alpha value is -1.04. The number of nitrogen functional groups attached to an aromatic ring is 1. The molecule has 0 saturated carbocycles. The molecule has 2 aromatic rings. The van der Waals surface area contributed by atoms with Crippen molar-refractivity contribution in [3.8, 4) is 0 Å². The molecule has 0 aliphatic carbocycles. The molecule has 0 radical (unpaired) electrons. The molecule has 88 valence electrons. The summed E-state index contributed by atoms with van der Waals surface area (Å²) in [5.41, 5.74) is 6.29. The zero-order valence-electron chi connectivity index (χ0n) is 8.42. The van der Waals surface area contributed by atoms with Gasteiger partial charge in [0, 0.05) is 21.8 Å². The first-order chi connectivity index (χ1) is 8.02. The summed E-state index contributed by atoms with van der Waals surface area (Å²) in [6, 6.07) is 6.68. The van der Waals surface area contributed by atoms with E-state index in [9.17, 15) is 0 Å². The quantitative estimate of drug-likeness (QED) is 0.819.